The van der Waals surface area contributed by atoms with Gasteiger partial charge in [0, 0.05) is 24.2 Å². The van der Waals surface area contributed by atoms with E-state index in [1.54, 1.807) is 12.1 Å². The minimum absolute atomic E-state index is 0.138. The van der Waals surface area contributed by atoms with Crippen LogP contribution in [0.5, 0.6) is 0 Å². The maximum Gasteiger partial charge on any atom is 0.261 e. The summed E-state index contributed by atoms with van der Waals surface area (Å²) in [6.07, 6.45) is 2.28. The number of carbonyl (C=O) groups is 1. The van der Waals surface area contributed by atoms with Crippen LogP contribution in [0, 0.1) is 5.41 Å². The molecule has 9 heteroatoms. The van der Waals surface area contributed by atoms with E-state index in [0.29, 0.717) is 26.8 Å². The highest BCUT2D eigenvalue weighted by Gasteiger charge is 2.17. The van der Waals surface area contributed by atoms with Crippen molar-refractivity contribution in [2.24, 2.45) is 0 Å². The normalized spacial score (nSPS) is 13.7. The van der Waals surface area contributed by atoms with E-state index in [-0.39, 0.29) is 12.5 Å². The van der Waals surface area contributed by atoms with Gasteiger partial charge in [-0.25, -0.2) is 0 Å². The maximum atomic E-state index is 12.0. The summed E-state index contributed by atoms with van der Waals surface area (Å²) < 4.78 is 5.78. The highest BCUT2D eigenvalue weighted by atomic mass is 35.5. The predicted octanol–water partition coefficient (Wildman–Crippen LogP) is 3.80. The fourth-order valence-corrected chi connectivity index (χ4v) is 3.98. The molecule has 1 saturated heterocycles. The zero-order valence-electron chi connectivity index (χ0n) is 14.9. The van der Waals surface area contributed by atoms with E-state index in [1.807, 2.05) is 24.3 Å². The molecule has 1 aromatic carbocycles. The van der Waals surface area contributed by atoms with Crippen molar-refractivity contribution in [2.75, 3.05) is 13.1 Å². The molecule has 2 N–H and O–H groups in total. The van der Waals surface area contributed by atoms with E-state index in [9.17, 15) is 4.79 Å². The van der Waals surface area contributed by atoms with Crippen molar-refractivity contribution in [1.29, 1.82) is 5.41 Å². The Labute approximate surface area is 170 Å². The quantitative estimate of drug-likeness (QED) is 0.488. The van der Waals surface area contributed by atoms with Gasteiger partial charge >= 0.3 is 0 Å². The minimum Gasteiger partial charge on any atom is -0.357 e. The summed E-state index contributed by atoms with van der Waals surface area (Å²) in [5, 5.41) is 15.0. The number of likely N-dealkylation sites (tertiary alicyclic amines) is 1. The number of amides is 1. The number of carbonyl (C=O) groups excluding carboxylic acids is 1. The summed E-state index contributed by atoms with van der Waals surface area (Å²) in [4.78, 5) is 19.0. The van der Waals surface area contributed by atoms with Gasteiger partial charge in [0.2, 0.25) is 11.7 Å². The molecule has 1 amide bonds. The van der Waals surface area contributed by atoms with Crippen molar-refractivity contribution < 1.29 is 9.32 Å². The molecule has 0 unspecified atom stereocenters. The van der Waals surface area contributed by atoms with Crippen LogP contribution in [0.2, 0.25) is 4.34 Å². The summed E-state index contributed by atoms with van der Waals surface area (Å²) in [6.45, 7) is 2.02. The third-order valence-corrected chi connectivity index (χ3v) is 5.73. The third kappa shape index (κ3) is 4.07. The number of halogens is 1. The maximum absolute atomic E-state index is 12.0. The summed E-state index contributed by atoms with van der Waals surface area (Å²) in [6, 6.07) is 10.9. The minimum atomic E-state index is -0.235. The summed E-state index contributed by atoms with van der Waals surface area (Å²) >= 11 is 7.05. The molecule has 0 saturated carbocycles. The van der Waals surface area contributed by atoms with E-state index in [1.165, 1.54) is 11.3 Å². The first-order valence-corrected chi connectivity index (χ1v) is 10.1. The second-order valence-electron chi connectivity index (χ2n) is 6.42. The van der Waals surface area contributed by atoms with Gasteiger partial charge in [0.25, 0.3) is 5.91 Å². The van der Waals surface area contributed by atoms with Crippen molar-refractivity contribution >= 4 is 34.7 Å². The average Bonchev–Trinajstić information content (AvgIpc) is 3.47. The lowest BCUT2D eigenvalue weighted by molar-refractivity contribution is 0.0950. The molecule has 3 heterocycles. The van der Waals surface area contributed by atoms with Crippen molar-refractivity contribution in [1.82, 2.24) is 20.4 Å². The average molecular weight is 416 g/mol. The fraction of sp³-hybridized carbons (Fsp3) is 0.263. The Kier molecular flexibility index (Phi) is 5.40. The molecule has 144 valence electrons. The van der Waals surface area contributed by atoms with Crippen LogP contribution in [0.1, 0.15) is 34.0 Å². The Balaban J connectivity index is 1.38. The van der Waals surface area contributed by atoms with Gasteiger partial charge in [-0.3, -0.25) is 10.2 Å². The molecule has 0 aliphatic carbocycles. The number of nitrogens with zero attached hydrogens (tertiary/aromatic N) is 3. The number of hydrogen-bond acceptors (Lipinski definition) is 6. The monoisotopic (exact) mass is 415 g/mol. The van der Waals surface area contributed by atoms with Gasteiger partial charge in [0.05, 0.1) is 15.8 Å². The smallest absolute Gasteiger partial charge is 0.261 e. The third-order valence-electron chi connectivity index (χ3n) is 4.50. The first-order valence-electron chi connectivity index (χ1n) is 8.90. The van der Waals surface area contributed by atoms with Crippen LogP contribution in [-0.2, 0) is 6.54 Å². The van der Waals surface area contributed by atoms with E-state index in [4.69, 9.17) is 21.5 Å². The lowest BCUT2D eigenvalue weighted by Crippen LogP contribution is -2.27. The van der Waals surface area contributed by atoms with Gasteiger partial charge < -0.3 is 14.7 Å². The molecule has 0 spiro atoms. The largest absolute Gasteiger partial charge is 0.357 e. The number of hydrogen-bond donors (Lipinski definition) is 2. The first kappa shape index (κ1) is 18.6. The Morgan fingerprint density at radius 3 is 2.64 bits per heavy atom. The van der Waals surface area contributed by atoms with Crippen molar-refractivity contribution in [3.63, 3.8) is 0 Å². The summed E-state index contributed by atoms with van der Waals surface area (Å²) in [5.41, 5.74) is 1.67. The van der Waals surface area contributed by atoms with Crippen molar-refractivity contribution in [2.45, 2.75) is 19.4 Å². The van der Waals surface area contributed by atoms with Crippen LogP contribution >= 0.6 is 22.9 Å². The first-order chi connectivity index (χ1) is 13.6. The van der Waals surface area contributed by atoms with Gasteiger partial charge in [0.1, 0.15) is 5.84 Å². The SMILES string of the molecule is N=C(c1ccc(-c2noc(CNC(=O)c3ccc(Cl)s3)n2)cc1)N1CCCC1. The van der Waals surface area contributed by atoms with E-state index in [2.05, 4.69) is 20.4 Å². The number of rotatable bonds is 5. The van der Waals surface area contributed by atoms with E-state index in [0.717, 1.165) is 37.1 Å². The second kappa shape index (κ2) is 8.12. The highest BCUT2D eigenvalue weighted by molar-refractivity contribution is 7.17. The zero-order chi connectivity index (χ0) is 19.5. The van der Waals surface area contributed by atoms with Crippen LogP contribution in [0.3, 0.4) is 0 Å². The molecule has 0 radical (unpaired) electrons. The second-order valence-corrected chi connectivity index (χ2v) is 8.13. The van der Waals surface area contributed by atoms with Gasteiger partial charge in [-0.15, -0.1) is 11.3 Å². The Morgan fingerprint density at radius 2 is 1.96 bits per heavy atom. The molecule has 1 fully saturated rings. The molecule has 0 bridgehead atoms. The Hall–Kier alpha value is -2.71. The molecule has 4 rings (SSSR count). The molecular weight excluding hydrogens is 398 g/mol. The van der Waals surface area contributed by atoms with Crippen LogP contribution in [-0.4, -0.2) is 39.9 Å². The molecule has 7 nitrogen and oxygen atoms in total. The Bertz CT molecular complexity index is 992. The molecule has 28 heavy (non-hydrogen) atoms. The number of thiophene rings is 1. The summed E-state index contributed by atoms with van der Waals surface area (Å²) in [5.74, 6) is 1.08. The zero-order valence-corrected chi connectivity index (χ0v) is 16.5. The van der Waals surface area contributed by atoms with Crippen LogP contribution in [0.15, 0.2) is 40.9 Å². The van der Waals surface area contributed by atoms with Gasteiger partial charge in [-0.2, -0.15) is 4.98 Å². The van der Waals surface area contributed by atoms with Gasteiger partial charge in [0.15, 0.2) is 0 Å². The molecule has 1 aliphatic rings. The molecule has 1 aliphatic heterocycles. The van der Waals surface area contributed by atoms with E-state index >= 15 is 0 Å². The lowest BCUT2D eigenvalue weighted by atomic mass is 10.1. The van der Waals surface area contributed by atoms with Crippen molar-refractivity contribution in [3.05, 3.63) is 57.1 Å². The van der Waals surface area contributed by atoms with Crippen LogP contribution in [0.4, 0.5) is 0 Å². The number of benzene rings is 1. The van der Waals surface area contributed by atoms with E-state index < -0.39 is 0 Å². The standard InChI is InChI=1S/C19H18ClN5O2S/c20-15-8-7-14(28-15)19(26)22-11-16-23-18(24-27-16)13-5-3-12(4-6-13)17(21)25-9-1-2-10-25/h3-8,21H,1-2,9-11H2,(H,22,26). The highest BCUT2D eigenvalue weighted by Crippen LogP contribution is 2.22. The van der Waals surface area contributed by atoms with Gasteiger partial charge in [-0.1, -0.05) is 41.0 Å². The number of aromatic nitrogens is 2. The number of amidine groups is 1. The molecule has 3 aromatic rings. The predicted molar refractivity (Wildman–Crippen MR) is 108 cm³/mol. The molecule has 0 atom stereocenters. The van der Waals surface area contributed by atoms with Crippen LogP contribution < -0.4 is 5.32 Å². The Morgan fingerprint density at radius 1 is 1.21 bits per heavy atom. The number of nitrogens with one attached hydrogen (secondary N) is 2. The molecular formula is C19H18ClN5O2S. The van der Waals surface area contributed by atoms with Gasteiger partial charge in [-0.05, 0) is 25.0 Å². The van der Waals surface area contributed by atoms with Crippen molar-refractivity contribution in [3.8, 4) is 11.4 Å². The lowest BCUT2D eigenvalue weighted by Gasteiger charge is -2.18. The molecule has 2 aromatic heterocycles. The summed E-state index contributed by atoms with van der Waals surface area (Å²) in [7, 11) is 0. The topological polar surface area (TPSA) is 95.1 Å². The van der Waals surface area contributed by atoms with Crippen LogP contribution in [0.25, 0.3) is 11.4 Å². The fourth-order valence-electron chi connectivity index (χ4n) is 3.02.